The van der Waals surface area contributed by atoms with Crippen LogP contribution in [0, 0.1) is 6.92 Å². The predicted octanol–water partition coefficient (Wildman–Crippen LogP) is 3.30. The average molecular weight is 194 g/mol. The Balaban J connectivity index is 2.48. The summed E-state index contributed by atoms with van der Waals surface area (Å²) in [7, 11) is 0. The zero-order valence-corrected chi connectivity index (χ0v) is 7.88. The predicted molar refractivity (Wildman–Crippen MR) is 51.7 cm³/mol. The van der Waals surface area contributed by atoms with Gasteiger partial charge in [-0.2, -0.15) is 0 Å². The molecule has 0 N–H and O–H groups in total. The van der Waals surface area contributed by atoms with Crippen LogP contribution in [0.25, 0.3) is 11.5 Å². The highest BCUT2D eigenvalue weighted by molar-refractivity contribution is 6.29. The monoisotopic (exact) mass is 193 g/mol. The zero-order valence-electron chi connectivity index (χ0n) is 7.12. The fourth-order valence-electron chi connectivity index (χ4n) is 1.08. The molecule has 0 aliphatic rings. The highest BCUT2D eigenvalue weighted by Crippen LogP contribution is 2.24. The van der Waals surface area contributed by atoms with Crippen molar-refractivity contribution >= 4 is 11.6 Å². The third-order valence-corrected chi connectivity index (χ3v) is 2.11. The highest BCUT2D eigenvalue weighted by Gasteiger charge is 2.07. The van der Waals surface area contributed by atoms with E-state index in [0.717, 1.165) is 11.3 Å². The molecule has 3 heteroatoms. The van der Waals surface area contributed by atoms with Crippen molar-refractivity contribution in [2.75, 3.05) is 0 Å². The first kappa shape index (κ1) is 8.32. The first-order valence-corrected chi connectivity index (χ1v) is 4.33. The van der Waals surface area contributed by atoms with Crippen LogP contribution in [0.2, 0.25) is 5.22 Å². The van der Waals surface area contributed by atoms with Gasteiger partial charge in [0.1, 0.15) is 0 Å². The summed E-state index contributed by atoms with van der Waals surface area (Å²) >= 11 is 5.75. The van der Waals surface area contributed by atoms with Crippen LogP contribution >= 0.6 is 11.6 Å². The molecule has 0 spiro atoms. The van der Waals surface area contributed by atoms with Crippen LogP contribution in [0.5, 0.6) is 0 Å². The number of aromatic nitrogens is 1. The number of hydrogen-bond donors (Lipinski definition) is 0. The lowest BCUT2D eigenvalue weighted by molar-refractivity contribution is 0.575. The van der Waals surface area contributed by atoms with E-state index in [4.69, 9.17) is 16.0 Å². The van der Waals surface area contributed by atoms with Crippen molar-refractivity contribution in [3.8, 4) is 11.5 Å². The van der Waals surface area contributed by atoms with Crippen LogP contribution < -0.4 is 0 Å². The molecule has 0 unspecified atom stereocenters. The van der Waals surface area contributed by atoms with Crippen LogP contribution in [0.3, 0.4) is 0 Å². The SMILES string of the molecule is Cc1nc(-c2ccccc2)oc1Cl. The van der Waals surface area contributed by atoms with Crippen molar-refractivity contribution in [1.29, 1.82) is 0 Å². The van der Waals surface area contributed by atoms with Crippen molar-refractivity contribution in [2.24, 2.45) is 0 Å². The normalized spacial score (nSPS) is 10.3. The van der Waals surface area contributed by atoms with Gasteiger partial charge >= 0.3 is 0 Å². The molecule has 0 bridgehead atoms. The first-order chi connectivity index (χ1) is 6.27. The largest absolute Gasteiger partial charge is 0.424 e. The molecular weight excluding hydrogens is 186 g/mol. The van der Waals surface area contributed by atoms with E-state index in [1.807, 2.05) is 37.3 Å². The summed E-state index contributed by atoms with van der Waals surface area (Å²) in [5, 5.41) is 0.360. The fraction of sp³-hybridized carbons (Fsp3) is 0.100. The third-order valence-electron chi connectivity index (χ3n) is 1.76. The van der Waals surface area contributed by atoms with E-state index in [9.17, 15) is 0 Å². The lowest BCUT2D eigenvalue weighted by atomic mass is 10.2. The molecular formula is C10H8ClNO. The Hall–Kier alpha value is -1.28. The van der Waals surface area contributed by atoms with E-state index < -0.39 is 0 Å². The van der Waals surface area contributed by atoms with E-state index in [-0.39, 0.29) is 0 Å². The second-order valence-corrected chi connectivity index (χ2v) is 3.09. The molecule has 13 heavy (non-hydrogen) atoms. The maximum atomic E-state index is 5.75. The molecule has 1 aromatic carbocycles. The van der Waals surface area contributed by atoms with Gasteiger partial charge in [-0.25, -0.2) is 4.98 Å². The molecule has 0 atom stereocenters. The smallest absolute Gasteiger partial charge is 0.228 e. The number of aryl methyl sites for hydroxylation is 1. The minimum atomic E-state index is 0.360. The van der Waals surface area contributed by atoms with Crippen LogP contribution in [0.1, 0.15) is 5.69 Å². The van der Waals surface area contributed by atoms with Gasteiger partial charge in [-0.1, -0.05) is 18.2 Å². The Labute approximate surface area is 81.2 Å². The standard InChI is InChI=1S/C10H8ClNO/c1-7-9(11)13-10(12-7)8-5-3-2-4-6-8/h2-6H,1H3. The van der Waals surface area contributed by atoms with E-state index in [1.54, 1.807) is 0 Å². The van der Waals surface area contributed by atoms with Gasteiger partial charge in [0.2, 0.25) is 11.1 Å². The molecule has 0 aliphatic carbocycles. The van der Waals surface area contributed by atoms with E-state index in [0.29, 0.717) is 11.1 Å². The van der Waals surface area contributed by atoms with Crippen LogP contribution in [-0.2, 0) is 0 Å². The van der Waals surface area contributed by atoms with Crippen LogP contribution in [-0.4, -0.2) is 4.98 Å². The Bertz CT molecular complexity index is 389. The van der Waals surface area contributed by atoms with Crippen molar-refractivity contribution in [3.63, 3.8) is 0 Å². The maximum Gasteiger partial charge on any atom is 0.228 e. The van der Waals surface area contributed by atoms with Gasteiger partial charge in [0, 0.05) is 5.56 Å². The molecule has 2 rings (SSSR count). The lowest BCUT2D eigenvalue weighted by Crippen LogP contribution is -1.75. The van der Waals surface area contributed by atoms with Gasteiger partial charge in [0.25, 0.3) is 0 Å². The molecule has 2 nitrogen and oxygen atoms in total. The van der Waals surface area contributed by atoms with Gasteiger partial charge in [0.15, 0.2) is 0 Å². The quantitative estimate of drug-likeness (QED) is 0.695. The topological polar surface area (TPSA) is 26.0 Å². The third kappa shape index (κ3) is 1.58. The van der Waals surface area contributed by atoms with Crippen molar-refractivity contribution in [2.45, 2.75) is 6.92 Å². The van der Waals surface area contributed by atoms with Gasteiger partial charge in [-0.3, -0.25) is 0 Å². The Morgan fingerprint density at radius 2 is 1.92 bits per heavy atom. The fourth-order valence-corrected chi connectivity index (χ4v) is 1.20. The van der Waals surface area contributed by atoms with Crippen LogP contribution in [0.4, 0.5) is 0 Å². The molecule has 1 heterocycles. The van der Waals surface area contributed by atoms with Crippen molar-refractivity contribution in [1.82, 2.24) is 4.98 Å². The van der Waals surface area contributed by atoms with Gasteiger partial charge in [-0.15, -0.1) is 0 Å². The molecule has 0 saturated heterocycles. The van der Waals surface area contributed by atoms with Gasteiger partial charge < -0.3 is 4.42 Å². The molecule has 0 radical (unpaired) electrons. The molecule has 1 aromatic heterocycles. The minimum Gasteiger partial charge on any atom is -0.424 e. The number of oxazole rings is 1. The van der Waals surface area contributed by atoms with Gasteiger partial charge in [0.05, 0.1) is 5.69 Å². The van der Waals surface area contributed by atoms with E-state index in [1.165, 1.54) is 0 Å². The first-order valence-electron chi connectivity index (χ1n) is 3.96. The molecule has 0 fully saturated rings. The molecule has 0 aliphatic heterocycles. The zero-order chi connectivity index (χ0) is 9.26. The summed E-state index contributed by atoms with van der Waals surface area (Å²) in [5.41, 5.74) is 1.66. The molecule has 66 valence electrons. The number of rotatable bonds is 1. The molecule has 0 amide bonds. The lowest BCUT2D eigenvalue weighted by Gasteiger charge is -1.91. The summed E-state index contributed by atoms with van der Waals surface area (Å²) in [6.07, 6.45) is 0. The number of hydrogen-bond acceptors (Lipinski definition) is 2. The summed E-state index contributed by atoms with van der Waals surface area (Å²) in [6.45, 7) is 1.82. The summed E-state index contributed by atoms with van der Waals surface area (Å²) in [6, 6.07) is 9.68. The van der Waals surface area contributed by atoms with E-state index >= 15 is 0 Å². The summed E-state index contributed by atoms with van der Waals surface area (Å²) < 4.78 is 5.25. The molecule has 2 aromatic rings. The van der Waals surface area contributed by atoms with Crippen molar-refractivity contribution < 1.29 is 4.42 Å². The number of nitrogens with zero attached hydrogens (tertiary/aromatic N) is 1. The van der Waals surface area contributed by atoms with E-state index in [2.05, 4.69) is 4.98 Å². The minimum absolute atomic E-state index is 0.360. The summed E-state index contributed by atoms with van der Waals surface area (Å²) in [4.78, 5) is 4.18. The Kier molecular flexibility index (Phi) is 2.07. The van der Waals surface area contributed by atoms with Crippen molar-refractivity contribution in [3.05, 3.63) is 41.2 Å². The maximum absolute atomic E-state index is 5.75. The second kappa shape index (κ2) is 3.23. The van der Waals surface area contributed by atoms with Crippen LogP contribution in [0.15, 0.2) is 34.7 Å². The van der Waals surface area contributed by atoms with Gasteiger partial charge in [-0.05, 0) is 30.7 Å². The average Bonchev–Trinajstić information content (AvgIpc) is 2.49. The molecule has 0 saturated carbocycles. The Morgan fingerprint density at radius 3 is 2.46 bits per heavy atom. The second-order valence-electron chi connectivity index (χ2n) is 2.74. The Morgan fingerprint density at radius 1 is 1.23 bits per heavy atom. The highest BCUT2D eigenvalue weighted by atomic mass is 35.5. The number of halogens is 1. The number of benzene rings is 1. The summed E-state index contributed by atoms with van der Waals surface area (Å²) in [5.74, 6) is 0.572.